The Morgan fingerprint density at radius 1 is 1.29 bits per heavy atom. The van der Waals surface area contributed by atoms with Crippen molar-refractivity contribution in [1.82, 2.24) is 4.57 Å². The molecule has 1 aromatic carbocycles. The maximum atomic E-state index is 10.1. The van der Waals surface area contributed by atoms with Crippen LogP contribution in [0.2, 0.25) is 0 Å². The minimum atomic E-state index is -0.992. The third-order valence-corrected chi connectivity index (χ3v) is 3.05. The highest BCUT2D eigenvalue weighted by Crippen LogP contribution is 2.00. The number of unbranched alkanes of at least 4 members (excludes halogenated alkanes) is 1. The molecule has 1 aromatic heterocycles. The minimum absolute atomic E-state index is 0.101. The molecular formula is C17H24N2O2. The Morgan fingerprint density at radius 2 is 2.00 bits per heavy atom. The molecule has 0 saturated carbocycles. The van der Waals surface area contributed by atoms with Crippen molar-refractivity contribution in [2.75, 3.05) is 0 Å². The fourth-order valence-corrected chi connectivity index (χ4v) is 1.87. The molecule has 0 amide bonds. The van der Waals surface area contributed by atoms with Gasteiger partial charge in [0.1, 0.15) is 12.4 Å². The van der Waals surface area contributed by atoms with Gasteiger partial charge in [-0.25, -0.2) is 9.13 Å². The average molecular weight is 288 g/mol. The van der Waals surface area contributed by atoms with E-state index in [0.717, 1.165) is 12.1 Å². The standard InChI is InChI=1S/C9H10O2.C8H15N2/c10-9(11)7-6-8-4-2-1-3-5-8;1-3-4-5-10-7-6-9(2)8-10/h1-5H,6-7H2,(H,10,11);6-8H,3-5H2,1-2H3/q;+1/p-1. The number of nitrogens with zero attached hydrogens (tertiary/aromatic N) is 2. The predicted molar refractivity (Wildman–Crippen MR) is 80.3 cm³/mol. The van der Waals surface area contributed by atoms with Gasteiger partial charge in [-0.05, 0) is 24.8 Å². The normalized spacial score (nSPS) is 9.81. The summed E-state index contributed by atoms with van der Waals surface area (Å²) >= 11 is 0. The average Bonchev–Trinajstić information content (AvgIpc) is 2.90. The van der Waals surface area contributed by atoms with Crippen LogP contribution in [-0.4, -0.2) is 10.5 Å². The van der Waals surface area contributed by atoms with Crippen LogP contribution >= 0.6 is 0 Å². The molecular weight excluding hydrogens is 264 g/mol. The van der Waals surface area contributed by atoms with Crippen LogP contribution in [0.3, 0.4) is 0 Å². The van der Waals surface area contributed by atoms with Gasteiger partial charge in [0.25, 0.3) is 0 Å². The molecule has 0 radical (unpaired) electrons. The van der Waals surface area contributed by atoms with Gasteiger partial charge in [0.05, 0.1) is 13.6 Å². The zero-order valence-electron chi connectivity index (χ0n) is 12.9. The second-order valence-electron chi connectivity index (χ2n) is 5.03. The number of aromatic nitrogens is 2. The second kappa shape index (κ2) is 9.75. The van der Waals surface area contributed by atoms with Crippen LogP contribution in [0.4, 0.5) is 0 Å². The van der Waals surface area contributed by atoms with E-state index in [1.54, 1.807) is 0 Å². The Labute approximate surface area is 126 Å². The van der Waals surface area contributed by atoms with Gasteiger partial charge in [-0.1, -0.05) is 43.7 Å². The summed E-state index contributed by atoms with van der Waals surface area (Å²) in [6.07, 6.45) is 9.48. The number of aliphatic carboxylic acids is 1. The molecule has 0 unspecified atom stereocenters. The maximum Gasteiger partial charge on any atom is 0.243 e. The number of carbonyl (C=O) groups excluding carboxylic acids is 1. The second-order valence-corrected chi connectivity index (χ2v) is 5.03. The lowest BCUT2D eigenvalue weighted by molar-refractivity contribution is -0.671. The molecule has 2 rings (SSSR count). The third kappa shape index (κ3) is 7.92. The van der Waals surface area contributed by atoms with Crippen molar-refractivity contribution in [1.29, 1.82) is 0 Å². The molecule has 0 fully saturated rings. The van der Waals surface area contributed by atoms with Crippen molar-refractivity contribution in [2.24, 2.45) is 7.05 Å². The van der Waals surface area contributed by atoms with E-state index in [4.69, 9.17) is 0 Å². The van der Waals surface area contributed by atoms with E-state index in [1.165, 1.54) is 12.8 Å². The first-order chi connectivity index (χ1) is 10.1. The van der Waals surface area contributed by atoms with Crippen molar-refractivity contribution in [3.8, 4) is 0 Å². The number of carboxylic acids is 1. The molecule has 21 heavy (non-hydrogen) atoms. The van der Waals surface area contributed by atoms with Crippen LogP contribution < -0.4 is 9.67 Å². The quantitative estimate of drug-likeness (QED) is 0.756. The van der Waals surface area contributed by atoms with Gasteiger partial charge in [-0.15, -0.1) is 0 Å². The molecule has 0 aliphatic heterocycles. The highest BCUT2D eigenvalue weighted by Gasteiger charge is 1.96. The molecule has 0 saturated heterocycles. The van der Waals surface area contributed by atoms with Crippen LogP contribution in [0, 0.1) is 0 Å². The van der Waals surface area contributed by atoms with Crippen LogP contribution in [0.5, 0.6) is 0 Å². The smallest absolute Gasteiger partial charge is 0.243 e. The van der Waals surface area contributed by atoms with Gasteiger partial charge in [0, 0.05) is 5.97 Å². The zero-order valence-corrected chi connectivity index (χ0v) is 12.9. The Morgan fingerprint density at radius 3 is 2.52 bits per heavy atom. The lowest BCUT2D eigenvalue weighted by Gasteiger charge is -2.00. The zero-order chi connectivity index (χ0) is 15.5. The summed E-state index contributed by atoms with van der Waals surface area (Å²) in [5, 5.41) is 10.1. The van der Waals surface area contributed by atoms with E-state index in [1.807, 2.05) is 37.4 Å². The molecule has 4 heteroatoms. The third-order valence-electron chi connectivity index (χ3n) is 3.05. The van der Waals surface area contributed by atoms with E-state index < -0.39 is 5.97 Å². The fourth-order valence-electron chi connectivity index (χ4n) is 1.87. The van der Waals surface area contributed by atoms with Crippen molar-refractivity contribution in [2.45, 2.75) is 39.2 Å². The molecule has 0 atom stereocenters. The number of imidazole rings is 1. The molecule has 0 N–H and O–H groups in total. The van der Waals surface area contributed by atoms with Crippen molar-refractivity contribution < 1.29 is 14.5 Å². The molecule has 114 valence electrons. The van der Waals surface area contributed by atoms with Crippen LogP contribution in [0.25, 0.3) is 0 Å². The number of hydrogen-bond acceptors (Lipinski definition) is 2. The van der Waals surface area contributed by atoms with Gasteiger partial charge in [-0.2, -0.15) is 0 Å². The molecule has 0 aliphatic rings. The summed E-state index contributed by atoms with van der Waals surface area (Å²) in [5.41, 5.74) is 1.04. The summed E-state index contributed by atoms with van der Waals surface area (Å²) in [6, 6.07) is 9.50. The van der Waals surface area contributed by atoms with Crippen molar-refractivity contribution in [3.05, 3.63) is 54.6 Å². The van der Waals surface area contributed by atoms with E-state index in [9.17, 15) is 9.90 Å². The van der Waals surface area contributed by atoms with Crippen molar-refractivity contribution in [3.63, 3.8) is 0 Å². The Balaban J connectivity index is 0.000000211. The first-order valence-corrected chi connectivity index (χ1v) is 7.36. The van der Waals surface area contributed by atoms with Gasteiger partial charge in [0.15, 0.2) is 0 Å². The van der Waals surface area contributed by atoms with E-state index in [2.05, 4.69) is 34.8 Å². The summed E-state index contributed by atoms with van der Waals surface area (Å²) in [5.74, 6) is -0.992. The molecule has 0 bridgehead atoms. The fraction of sp³-hybridized carbons (Fsp3) is 0.412. The minimum Gasteiger partial charge on any atom is -0.550 e. The summed E-state index contributed by atoms with van der Waals surface area (Å²) in [7, 11) is 2.04. The van der Waals surface area contributed by atoms with Crippen LogP contribution in [0.15, 0.2) is 49.1 Å². The summed E-state index contributed by atoms with van der Waals surface area (Å²) < 4.78 is 4.28. The lowest BCUT2D eigenvalue weighted by atomic mass is 10.1. The topological polar surface area (TPSA) is 48.9 Å². The number of rotatable bonds is 6. The van der Waals surface area contributed by atoms with Crippen molar-refractivity contribution >= 4 is 5.97 Å². The first kappa shape index (κ1) is 17.0. The van der Waals surface area contributed by atoms with Gasteiger partial charge < -0.3 is 9.90 Å². The predicted octanol–water partition coefficient (Wildman–Crippen LogP) is 1.48. The lowest BCUT2D eigenvalue weighted by Crippen LogP contribution is -2.23. The number of aryl methyl sites for hydroxylation is 3. The van der Waals surface area contributed by atoms with E-state index in [-0.39, 0.29) is 6.42 Å². The molecule has 0 aliphatic carbocycles. The number of hydrogen-bond donors (Lipinski definition) is 0. The molecule has 4 nitrogen and oxygen atoms in total. The summed E-state index contributed by atoms with van der Waals surface area (Å²) in [4.78, 5) is 10.1. The largest absolute Gasteiger partial charge is 0.550 e. The first-order valence-electron chi connectivity index (χ1n) is 7.36. The molecule has 1 heterocycles. The molecule has 2 aromatic rings. The molecule has 0 spiro atoms. The highest BCUT2D eigenvalue weighted by molar-refractivity contribution is 5.64. The number of benzene rings is 1. The Bertz CT molecular complexity index is 521. The highest BCUT2D eigenvalue weighted by atomic mass is 16.4. The Kier molecular flexibility index (Phi) is 7.87. The van der Waals surface area contributed by atoms with Gasteiger partial charge in [-0.3, -0.25) is 0 Å². The monoisotopic (exact) mass is 288 g/mol. The number of carboxylic acid groups (broad SMARTS) is 1. The Hall–Kier alpha value is -2.10. The van der Waals surface area contributed by atoms with Crippen LogP contribution in [0.1, 0.15) is 31.7 Å². The van der Waals surface area contributed by atoms with Gasteiger partial charge in [0.2, 0.25) is 6.33 Å². The van der Waals surface area contributed by atoms with E-state index in [0.29, 0.717) is 6.42 Å². The summed E-state index contributed by atoms with van der Waals surface area (Å²) in [6.45, 7) is 3.36. The maximum absolute atomic E-state index is 10.1. The number of carbonyl (C=O) groups is 1. The SMILES string of the molecule is CCCCn1cc[n+](C)c1.O=C([O-])CCc1ccccc1. The van der Waals surface area contributed by atoms with Crippen LogP contribution in [-0.2, 0) is 24.8 Å². The van der Waals surface area contributed by atoms with E-state index >= 15 is 0 Å². The van der Waals surface area contributed by atoms with Gasteiger partial charge >= 0.3 is 0 Å².